The Bertz CT molecular complexity index is 461. The summed E-state index contributed by atoms with van der Waals surface area (Å²) >= 11 is 0. The van der Waals surface area contributed by atoms with E-state index >= 15 is 0 Å². The maximum Gasteiger partial charge on any atom is 0.160 e. The smallest absolute Gasteiger partial charge is 0.160 e. The summed E-state index contributed by atoms with van der Waals surface area (Å²) in [6.45, 7) is 8.17. The topological polar surface area (TPSA) is 39.1 Å². The molecule has 0 bridgehead atoms. The van der Waals surface area contributed by atoms with Gasteiger partial charge in [0.1, 0.15) is 0 Å². The lowest BCUT2D eigenvalue weighted by Gasteiger charge is -2.42. The molecule has 3 unspecified atom stereocenters. The Labute approximate surface area is 129 Å². The van der Waals surface area contributed by atoms with Crippen LogP contribution in [0.4, 0.5) is 0 Å². The van der Waals surface area contributed by atoms with E-state index in [9.17, 15) is 0 Å². The molecular weight excluding hydrogens is 262 g/mol. The molecule has 0 aromatic carbocycles. The maximum atomic E-state index is 5.56. The SMILES string of the molecule is CNCC1CCC(C(C)(C)C)CC1c1c(OC)cnn1C. The van der Waals surface area contributed by atoms with Gasteiger partial charge in [-0.15, -0.1) is 0 Å². The molecule has 1 N–H and O–H groups in total. The summed E-state index contributed by atoms with van der Waals surface area (Å²) in [5.74, 6) is 2.89. The van der Waals surface area contributed by atoms with Crippen molar-refractivity contribution in [2.45, 2.75) is 46.0 Å². The van der Waals surface area contributed by atoms with Gasteiger partial charge in [0.2, 0.25) is 0 Å². The first-order valence-corrected chi connectivity index (χ1v) is 8.09. The predicted molar refractivity (Wildman–Crippen MR) is 86.7 cm³/mol. The van der Waals surface area contributed by atoms with Crippen molar-refractivity contribution in [1.82, 2.24) is 15.1 Å². The Morgan fingerprint density at radius 2 is 2.10 bits per heavy atom. The van der Waals surface area contributed by atoms with Crippen LogP contribution in [0.25, 0.3) is 0 Å². The highest BCUT2D eigenvalue weighted by Gasteiger charge is 2.38. The van der Waals surface area contributed by atoms with Crippen molar-refractivity contribution in [3.05, 3.63) is 11.9 Å². The summed E-state index contributed by atoms with van der Waals surface area (Å²) < 4.78 is 7.57. The molecule has 2 rings (SSSR count). The molecular formula is C17H31N3O. The van der Waals surface area contributed by atoms with Crippen LogP contribution in [0.15, 0.2) is 6.20 Å². The molecule has 0 aliphatic heterocycles. The fourth-order valence-corrected chi connectivity index (χ4v) is 3.87. The molecule has 4 nitrogen and oxygen atoms in total. The van der Waals surface area contributed by atoms with E-state index in [1.165, 1.54) is 25.0 Å². The molecule has 0 amide bonds. The number of nitrogens with zero attached hydrogens (tertiary/aromatic N) is 2. The number of aryl methyl sites for hydroxylation is 1. The number of rotatable bonds is 4. The van der Waals surface area contributed by atoms with Gasteiger partial charge in [0.05, 0.1) is 19.0 Å². The van der Waals surface area contributed by atoms with Crippen molar-refractivity contribution < 1.29 is 4.74 Å². The number of hydrogen-bond acceptors (Lipinski definition) is 3. The molecule has 1 aromatic rings. The quantitative estimate of drug-likeness (QED) is 0.926. The molecule has 120 valence electrons. The molecule has 1 heterocycles. The van der Waals surface area contributed by atoms with Gasteiger partial charge in [0, 0.05) is 13.0 Å². The summed E-state index contributed by atoms with van der Waals surface area (Å²) in [4.78, 5) is 0. The Kier molecular flexibility index (Phi) is 4.97. The molecule has 1 saturated carbocycles. The van der Waals surface area contributed by atoms with Crippen LogP contribution in [0, 0.1) is 17.3 Å². The average molecular weight is 293 g/mol. The molecule has 1 aliphatic rings. The van der Waals surface area contributed by atoms with Gasteiger partial charge in [0.25, 0.3) is 0 Å². The van der Waals surface area contributed by atoms with Crippen molar-refractivity contribution in [2.24, 2.45) is 24.3 Å². The van der Waals surface area contributed by atoms with Gasteiger partial charge < -0.3 is 10.1 Å². The molecule has 0 radical (unpaired) electrons. The first-order chi connectivity index (χ1) is 9.88. The van der Waals surface area contributed by atoms with Crippen molar-refractivity contribution in [3.63, 3.8) is 0 Å². The molecule has 0 saturated heterocycles. The number of hydrogen-bond donors (Lipinski definition) is 1. The minimum absolute atomic E-state index is 0.370. The summed E-state index contributed by atoms with van der Waals surface area (Å²) in [7, 11) is 5.83. The lowest BCUT2D eigenvalue weighted by atomic mass is 9.64. The summed E-state index contributed by atoms with van der Waals surface area (Å²) in [5.41, 5.74) is 1.64. The fourth-order valence-electron chi connectivity index (χ4n) is 3.87. The summed E-state index contributed by atoms with van der Waals surface area (Å²) in [6, 6.07) is 0. The third-order valence-electron chi connectivity index (χ3n) is 5.20. The predicted octanol–water partition coefficient (Wildman–Crippen LogP) is 3.19. The second kappa shape index (κ2) is 6.39. The van der Waals surface area contributed by atoms with E-state index in [0.29, 0.717) is 17.3 Å². The van der Waals surface area contributed by atoms with Crippen molar-refractivity contribution >= 4 is 0 Å². The van der Waals surface area contributed by atoms with Gasteiger partial charge in [-0.1, -0.05) is 20.8 Å². The Morgan fingerprint density at radius 1 is 1.38 bits per heavy atom. The second-order valence-electron chi connectivity index (χ2n) is 7.52. The average Bonchev–Trinajstić information content (AvgIpc) is 2.79. The lowest BCUT2D eigenvalue weighted by Crippen LogP contribution is -2.35. The van der Waals surface area contributed by atoms with Crippen LogP contribution in [0.5, 0.6) is 5.75 Å². The normalized spacial score (nSPS) is 26.9. The highest BCUT2D eigenvalue weighted by molar-refractivity contribution is 5.30. The zero-order valence-corrected chi connectivity index (χ0v) is 14.4. The van der Waals surface area contributed by atoms with E-state index in [-0.39, 0.29) is 0 Å². The van der Waals surface area contributed by atoms with Crippen LogP contribution >= 0.6 is 0 Å². The van der Waals surface area contributed by atoms with Crippen LogP contribution in [0.1, 0.15) is 51.6 Å². The number of ether oxygens (including phenoxy) is 1. The van der Waals surface area contributed by atoms with Crippen LogP contribution in [-0.2, 0) is 7.05 Å². The van der Waals surface area contributed by atoms with Crippen LogP contribution in [-0.4, -0.2) is 30.5 Å². The zero-order chi connectivity index (χ0) is 15.6. The molecule has 1 aromatic heterocycles. The molecule has 4 heteroatoms. The van der Waals surface area contributed by atoms with Crippen LogP contribution in [0.3, 0.4) is 0 Å². The highest BCUT2D eigenvalue weighted by atomic mass is 16.5. The third kappa shape index (κ3) is 3.42. The largest absolute Gasteiger partial charge is 0.493 e. The standard InChI is InChI=1S/C17H31N3O/c1-17(2,3)13-8-7-12(10-18-4)14(9-13)16-15(21-6)11-19-20(16)5/h11-14,18H,7-10H2,1-6H3. The maximum absolute atomic E-state index is 5.56. The van der Waals surface area contributed by atoms with E-state index in [2.05, 4.69) is 31.2 Å². The van der Waals surface area contributed by atoms with Gasteiger partial charge in [-0.3, -0.25) is 4.68 Å². The molecule has 1 fully saturated rings. The zero-order valence-electron chi connectivity index (χ0n) is 14.4. The molecule has 1 aliphatic carbocycles. The van der Waals surface area contributed by atoms with E-state index in [0.717, 1.165) is 18.2 Å². The highest BCUT2D eigenvalue weighted by Crippen LogP contribution is 2.48. The molecule has 0 spiro atoms. The van der Waals surface area contributed by atoms with E-state index in [4.69, 9.17) is 4.74 Å². The van der Waals surface area contributed by atoms with E-state index in [1.807, 2.05) is 25.0 Å². The minimum atomic E-state index is 0.370. The van der Waals surface area contributed by atoms with Crippen molar-refractivity contribution in [3.8, 4) is 5.75 Å². The molecule has 21 heavy (non-hydrogen) atoms. The summed E-state index contributed by atoms with van der Waals surface area (Å²) in [6.07, 6.45) is 5.69. The number of aromatic nitrogens is 2. The third-order valence-corrected chi connectivity index (χ3v) is 5.20. The number of methoxy groups -OCH3 is 1. The Hall–Kier alpha value is -1.03. The van der Waals surface area contributed by atoms with E-state index in [1.54, 1.807) is 7.11 Å². The first kappa shape index (κ1) is 16.3. The molecule has 3 atom stereocenters. The minimum Gasteiger partial charge on any atom is -0.493 e. The van der Waals surface area contributed by atoms with Crippen molar-refractivity contribution in [2.75, 3.05) is 20.7 Å². The lowest BCUT2D eigenvalue weighted by molar-refractivity contribution is 0.126. The van der Waals surface area contributed by atoms with E-state index < -0.39 is 0 Å². The fraction of sp³-hybridized carbons (Fsp3) is 0.824. The van der Waals surface area contributed by atoms with Gasteiger partial charge >= 0.3 is 0 Å². The van der Waals surface area contributed by atoms with Gasteiger partial charge in [-0.05, 0) is 50.1 Å². The van der Waals surface area contributed by atoms with Crippen LogP contribution in [0.2, 0.25) is 0 Å². The van der Waals surface area contributed by atoms with Crippen LogP contribution < -0.4 is 10.1 Å². The van der Waals surface area contributed by atoms with Crippen molar-refractivity contribution in [1.29, 1.82) is 0 Å². The first-order valence-electron chi connectivity index (χ1n) is 8.09. The van der Waals surface area contributed by atoms with Gasteiger partial charge in [-0.2, -0.15) is 5.10 Å². The Morgan fingerprint density at radius 3 is 2.67 bits per heavy atom. The second-order valence-corrected chi connectivity index (χ2v) is 7.52. The number of nitrogens with one attached hydrogen (secondary N) is 1. The Balaban J connectivity index is 2.31. The summed E-state index contributed by atoms with van der Waals surface area (Å²) in [5, 5.41) is 7.79. The monoisotopic (exact) mass is 293 g/mol. The van der Waals surface area contributed by atoms with Gasteiger partial charge in [-0.25, -0.2) is 0 Å². The van der Waals surface area contributed by atoms with Gasteiger partial charge in [0.15, 0.2) is 5.75 Å².